The summed E-state index contributed by atoms with van der Waals surface area (Å²) in [6.45, 7) is 7.13. The Bertz CT molecular complexity index is 818. The molecule has 1 saturated heterocycles. The summed E-state index contributed by atoms with van der Waals surface area (Å²) < 4.78 is 19.8. The van der Waals surface area contributed by atoms with E-state index in [4.69, 9.17) is 10.5 Å². The molecule has 1 aliphatic heterocycles. The number of likely N-dealkylation sites (N-methyl/N-ethyl adjacent to an activating group) is 1. The lowest BCUT2D eigenvalue weighted by Crippen LogP contribution is -2.46. The smallest absolute Gasteiger partial charge is 0.193 e. The van der Waals surface area contributed by atoms with Crippen LogP contribution in [0, 0.1) is 5.82 Å². The maximum atomic E-state index is 14.6. The van der Waals surface area contributed by atoms with Crippen LogP contribution in [0.5, 0.6) is 5.75 Å². The molecule has 0 spiro atoms. The first-order valence-corrected chi connectivity index (χ1v) is 9.55. The first-order valence-electron chi connectivity index (χ1n) is 9.55. The Morgan fingerprint density at radius 2 is 1.96 bits per heavy atom. The summed E-state index contributed by atoms with van der Waals surface area (Å²) in [5.41, 5.74) is 8.17. The molecular formula is C21H28FN5O. The summed E-state index contributed by atoms with van der Waals surface area (Å²) in [4.78, 5) is 8.78. The molecule has 0 bridgehead atoms. The molecule has 7 heteroatoms. The third-order valence-electron chi connectivity index (χ3n) is 4.95. The normalized spacial score (nSPS) is 15.5. The third-order valence-corrected chi connectivity index (χ3v) is 4.95. The summed E-state index contributed by atoms with van der Waals surface area (Å²) in [6.07, 6.45) is 0. The molecule has 0 atom stereocenters. The summed E-state index contributed by atoms with van der Waals surface area (Å²) in [7, 11) is 1.61. The van der Waals surface area contributed by atoms with Gasteiger partial charge in [-0.2, -0.15) is 0 Å². The topological polar surface area (TPSA) is 66.1 Å². The van der Waals surface area contributed by atoms with Crippen LogP contribution in [0.15, 0.2) is 47.5 Å². The first kappa shape index (κ1) is 19.9. The van der Waals surface area contributed by atoms with Crippen molar-refractivity contribution in [1.82, 2.24) is 4.90 Å². The molecule has 2 aromatic carbocycles. The quantitative estimate of drug-likeness (QED) is 0.591. The van der Waals surface area contributed by atoms with Gasteiger partial charge in [0.15, 0.2) is 5.96 Å². The molecule has 2 aromatic rings. The molecule has 6 nitrogen and oxygen atoms in total. The molecule has 0 aromatic heterocycles. The molecule has 1 fully saturated rings. The average Bonchev–Trinajstić information content (AvgIpc) is 2.72. The van der Waals surface area contributed by atoms with Crippen molar-refractivity contribution in [3.63, 3.8) is 0 Å². The summed E-state index contributed by atoms with van der Waals surface area (Å²) in [6, 6.07) is 12.7. The first-order chi connectivity index (χ1) is 13.6. The number of guanidine groups is 1. The summed E-state index contributed by atoms with van der Waals surface area (Å²) in [5.74, 6) is 0.792. The number of methoxy groups -OCH3 is 1. The van der Waals surface area contributed by atoms with Crippen molar-refractivity contribution in [1.29, 1.82) is 0 Å². The van der Waals surface area contributed by atoms with Crippen LogP contribution in [-0.2, 0) is 6.54 Å². The van der Waals surface area contributed by atoms with Crippen molar-refractivity contribution in [2.75, 3.05) is 50.1 Å². The maximum Gasteiger partial charge on any atom is 0.193 e. The molecule has 0 unspecified atom stereocenters. The van der Waals surface area contributed by atoms with Gasteiger partial charge >= 0.3 is 0 Å². The Morgan fingerprint density at radius 1 is 1.18 bits per heavy atom. The molecule has 3 N–H and O–H groups in total. The predicted molar refractivity (Wildman–Crippen MR) is 113 cm³/mol. The minimum Gasteiger partial charge on any atom is -0.497 e. The highest BCUT2D eigenvalue weighted by Gasteiger charge is 2.18. The zero-order chi connectivity index (χ0) is 19.9. The van der Waals surface area contributed by atoms with Gasteiger partial charge in [-0.1, -0.05) is 19.1 Å². The fourth-order valence-electron chi connectivity index (χ4n) is 3.27. The van der Waals surface area contributed by atoms with Crippen molar-refractivity contribution in [2.24, 2.45) is 10.7 Å². The highest BCUT2D eigenvalue weighted by atomic mass is 19.1. The predicted octanol–water partition coefficient (Wildman–Crippen LogP) is 2.90. The number of piperazine rings is 1. The van der Waals surface area contributed by atoms with Crippen LogP contribution in [0.1, 0.15) is 12.5 Å². The van der Waals surface area contributed by atoms with E-state index in [-0.39, 0.29) is 11.8 Å². The number of hydrogen-bond donors (Lipinski definition) is 2. The lowest BCUT2D eigenvalue weighted by molar-refractivity contribution is 0.270. The van der Waals surface area contributed by atoms with E-state index in [9.17, 15) is 4.39 Å². The average molecular weight is 385 g/mol. The van der Waals surface area contributed by atoms with Gasteiger partial charge in [0.05, 0.1) is 19.3 Å². The van der Waals surface area contributed by atoms with E-state index < -0.39 is 0 Å². The van der Waals surface area contributed by atoms with Crippen molar-refractivity contribution in [3.8, 4) is 5.75 Å². The Morgan fingerprint density at radius 3 is 2.64 bits per heavy atom. The number of rotatable bonds is 6. The maximum absolute atomic E-state index is 14.6. The van der Waals surface area contributed by atoms with E-state index in [1.807, 2.05) is 36.4 Å². The number of benzene rings is 2. The van der Waals surface area contributed by atoms with Crippen molar-refractivity contribution in [3.05, 3.63) is 53.8 Å². The second kappa shape index (κ2) is 9.41. The van der Waals surface area contributed by atoms with Crippen LogP contribution in [0.25, 0.3) is 0 Å². The molecule has 150 valence electrons. The van der Waals surface area contributed by atoms with Crippen LogP contribution in [0.3, 0.4) is 0 Å². The van der Waals surface area contributed by atoms with E-state index in [1.165, 1.54) is 0 Å². The zero-order valence-corrected chi connectivity index (χ0v) is 16.5. The molecule has 0 saturated carbocycles. The van der Waals surface area contributed by atoms with Gasteiger partial charge in [-0.3, -0.25) is 0 Å². The number of ether oxygens (including phenoxy) is 1. The van der Waals surface area contributed by atoms with E-state index >= 15 is 0 Å². The molecule has 1 heterocycles. The largest absolute Gasteiger partial charge is 0.497 e. The molecule has 0 aliphatic carbocycles. The van der Waals surface area contributed by atoms with Gasteiger partial charge in [-0.05, 0) is 36.4 Å². The number of hydrogen-bond acceptors (Lipinski definition) is 4. The Balaban J connectivity index is 1.60. The van der Waals surface area contributed by atoms with Gasteiger partial charge in [0.2, 0.25) is 0 Å². The second-order valence-corrected chi connectivity index (χ2v) is 6.77. The van der Waals surface area contributed by atoms with Crippen molar-refractivity contribution < 1.29 is 9.13 Å². The Labute approximate surface area is 165 Å². The number of halogens is 1. The van der Waals surface area contributed by atoms with Crippen LogP contribution < -0.4 is 20.7 Å². The Hall–Kier alpha value is -2.80. The molecule has 1 aliphatic rings. The van der Waals surface area contributed by atoms with Gasteiger partial charge < -0.3 is 25.6 Å². The molecule has 28 heavy (non-hydrogen) atoms. The van der Waals surface area contributed by atoms with Crippen LogP contribution in [0.2, 0.25) is 0 Å². The number of nitrogens with zero attached hydrogens (tertiary/aromatic N) is 3. The van der Waals surface area contributed by atoms with Gasteiger partial charge in [-0.25, -0.2) is 9.38 Å². The number of anilines is 2. The van der Waals surface area contributed by atoms with Crippen molar-refractivity contribution in [2.45, 2.75) is 13.5 Å². The lowest BCUT2D eigenvalue weighted by atomic mass is 10.1. The Kier molecular flexibility index (Phi) is 6.71. The highest BCUT2D eigenvalue weighted by Crippen LogP contribution is 2.22. The number of aliphatic imine (C=N–C) groups is 1. The lowest BCUT2D eigenvalue weighted by Gasteiger charge is -2.35. The minimum absolute atomic E-state index is 0.211. The number of nitrogens with one attached hydrogen (secondary N) is 1. The van der Waals surface area contributed by atoms with Crippen LogP contribution in [0.4, 0.5) is 15.8 Å². The molecular weight excluding hydrogens is 357 g/mol. The standard InChI is InChI=1S/C21H28FN5O/c1-3-26-9-11-27(12-10-26)20-8-7-16(13-19(20)22)15-24-21(23)25-17-5-4-6-18(14-17)28-2/h4-8,13-14H,3,9-12,15H2,1-2H3,(H3,23,24,25). The summed E-state index contributed by atoms with van der Waals surface area (Å²) in [5, 5.41) is 3.02. The third kappa shape index (κ3) is 5.13. The molecule has 0 amide bonds. The van der Waals surface area contributed by atoms with Gasteiger partial charge in [0, 0.05) is 37.9 Å². The fraction of sp³-hybridized carbons (Fsp3) is 0.381. The number of nitrogens with two attached hydrogens (primary N) is 1. The minimum atomic E-state index is -0.211. The summed E-state index contributed by atoms with van der Waals surface area (Å²) >= 11 is 0. The second-order valence-electron chi connectivity index (χ2n) is 6.77. The van der Waals surface area contributed by atoms with Gasteiger partial charge in [0.25, 0.3) is 0 Å². The van der Waals surface area contributed by atoms with E-state index in [0.29, 0.717) is 12.2 Å². The van der Waals surface area contributed by atoms with Crippen LogP contribution in [-0.4, -0.2) is 50.7 Å². The zero-order valence-electron chi connectivity index (χ0n) is 16.5. The van der Waals surface area contributed by atoms with E-state index in [2.05, 4.69) is 27.0 Å². The molecule has 0 radical (unpaired) electrons. The fourth-order valence-corrected chi connectivity index (χ4v) is 3.27. The SMILES string of the molecule is CCN1CCN(c2ccc(CN=C(N)Nc3cccc(OC)c3)cc2F)CC1. The van der Waals surface area contributed by atoms with Crippen LogP contribution >= 0.6 is 0 Å². The van der Waals surface area contributed by atoms with E-state index in [1.54, 1.807) is 13.2 Å². The highest BCUT2D eigenvalue weighted by molar-refractivity contribution is 5.92. The van der Waals surface area contributed by atoms with E-state index in [0.717, 1.165) is 49.7 Å². The van der Waals surface area contributed by atoms with Crippen molar-refractivity contribution >= 4 is 17.3 Å². The molecule has 3 rings (SSSR count). The monoisotopic (exact) mass is 385 g/mol. The van der Waals surface area contributed by atoms with Gasteiger partial charge in [-0.15, -0.1) is 0 Å². The van der Waals surface area contributed by atoms with Gasteiger partial charge in [0.1, 0.15) is 11.6 Å².